The number of oxime groups is 1. The molecule has 0 atom stereocenters. The standard InChI is InChI=1S/C17H16N4O2/c1-12-7-13(2)9-15(8-12)23-16-4-3-14(10-19-16)17(20-22)21-6-5-18-11-21/h3-11,22H,1-2H3/b20-17-. The van der Waals surface area contributed by atoms with Crippen molar-refractivity contribution in [3.8, 4) is 11.6 Å². The number of ether oxygens (including phenoxy) is 1. The zero-order chi connectivity index (χ0) is 16.2. The molecule has 0 radical (unpaired) electrons. The van der Waals surface area contributed by atoms with Crippen molar-refractivity contribution in [3.05, 3.63) is 71.9 Å². The fourth-order valence-electron chi connectivity index (χ4n) is 2.33. The minimum absolute atomic E-state index is 0.341. The lowest BCUT2D eigenvalue weighted by Crippen LogP contribution is -2.11. The van der Waals surface area contributed by atoms with E-state index in [1.165, 1.54) is 0 Å². The highest BCUT2D eigenvalue weighted by Crippen LogP contribution is 2.22. The number of rotatable bonds is 3. The number of benzene rings is 1. The zero-order valence-corrected chi connectivity index (χ0v) is 12.8. The van der Waals surface area contributed by atoms with E-state index in [0.717, 1.165) is 16.9 Å². The SMILES string of the molecule is Cc1cc(C)cc(Oc2ccc(/C(=N/O)n3ccnc3)cn2)c1. The third kappa shape index (κ3) is 3.37. The summed E-state index contributed by atoms with van der Waals surface area (Å²) in [5.74, 6) is 1.56. The number of hydrogen-bond donors (Lipinski definition) is 1. The lowest BCUT2D eigenvalue weighted by molar-refractivity contribution is 0.317. The first-order valence-corrected chi connectivity index (χ1v) is 7.08. The summed E-state index contributed by atoms with van der Waals surface area (Å²) in [5.41, 5.74) is 2.91. The monoisotopic (exact) mass is 308 g/mol. The van der Waals surface area contributed by atoms with E-state index in [1.54, 1.807) is 41.6 Å². The molecule has 0 saturated carbocycles. The van der Waals surface area contributed by atoms with E-state index in [4.69, 9.17) is 4.74 Å². The van der Waals surface area contributed by atoms with Gasteiger partial charge in [0.2, 0.25) is 5.88 Å². The maximum atomic E-state index is 9.20. The molecule has 2 aromatic heterocycles. The maximum absolute atomic E-state index is 9.20. The van der Waals surface area contributed by atoms with E-state index >= 15 is 0 Å². The van der Waals surface area contributed by atoms with Crippen molar-refractivity contribution < 1.29 is 9.94 Å². The molecule has 0 fully saturated rings. The molecule has 116 valence electrons. The highest BCUT2D eigenvalue weighted by molar-refractivity contribution is 5.99. The van der Waals surface area contributed by atoms with Crippen molar-refractivity contribution in [2.45, 2.75) is 13.8 Å². The fraction of sp³-hybridized carbons (Fsp3) is 0.118. The Balaban J connectivity index is 1.82. The van der Waals surface area contributed by atoms with Gasteiger partial charge in [-0.25, -0.2) is 9.97 Å². The number of aromatic nitrogens is 3. The summed E-state index contributed by atoms with van der Waals surface area (Å²) in [5, 5.41) is 12.5. The first-order chi connectivity index (χ1) is 11.2. The molecule has 0 amide bonds. The number of imidazole rings is 1. The van der Waals surface area contributed by atoms with E-state index in [-0.39, 0.29) is 0 Å². The Bertz CT molecular complexity index is 804. The molecule has 0 aliphatic heterocycles. The summed E-state index contributed by atoms with van der Waals surface area (Å²) in [7, 11) is 0. The van der Waals surface area contributed by atoms with Crippen molar-refractivity contribution in [2.24, 2.45) is 5.16 Å². The molecule has 3 aromatic rings. The molecule has 1 N–H and O–H groups in total. The van der Waals surface area contributed by atoms with E-state index < -0.39 is 0 Å². The lowest BCUT2D eigenvalue weighted by Gasteiger charge is -2.08. The second-order valence-electron chi connectivity index (χ2n) is 5.20. The van der Waals surface area contributed by atoms with Crippen LogP contribution in [0.25, 0.3) is 0 Å². The Labute approximate surface area is 133 Å². The van der Waals surface area contributed by atoms with Crippen LogP contribution in [0.4, 0.5) is 0 Å². The van der Waals surface area contributed by atoms with Crippen LogP contribution in [0.5, 0.6) is 11.6 Å². The van der Waals surface area contributed by atoms with Gasteiger partial charge in [0.25, 0.3) is 0 Å². The van der Waals surface area contributed by atoms with Gasteiger partial charge in [-0.3, -0.25) is 4.57 Å². The molecule has 0 aliphatic rings. The normalized spacial score (nSPS) is 11.5. The molecule has 2 heterocycles. The number of aryl methyl sites for hydroxylation is 2. The number of hydrogen-bond acceptors (Lipinski definition) is 5. The quantitative estimate of drug-likeness (QED) is 0.348. The maximum Gasteiger partial charge on any atom is 0.219 e. The van der Waals surface area contributed by atoms with Crippen LogP contribution in [0.3, 0.4) is 0 Å². The topological polar surface area (TPSA) is 72.5 Å². The van der Waals surface area contributed by atoms with Gasteiger partial charge < -0.3 is 9.94 Å². The van der Waals surface area contributed by atoms with Gasteiger partial charge in [-0.05, 0) is 43.2 Å². The van der Waals surface area contributed by atoms with E-state index in [0.29, 0.717) is 17.3 Å². The molecule has 0 saturated heterocycles. The Morgan fingerprint density at radius 2 is 1.96 bits per heavy atom. The largest absolute Gasteiger partial charge is 0.439 e. The molecule has 0 aliphatic carbocycles. The summed E-state index contributed by atoms with van der Waals surface area (Å²) in [6.45, 7) is 4.04. The molecule has 6 nitrogen and oxygen atoms in total. The van der Waals surface area contributed by atoms with Gasteiger partial charge in [0.05, 0.1) is 0 Å². The van der Waals surface area contributed by atoms with E-state index in [9.17, 15) is 5.21 Å². The Hall–Kier alpha value is -3.15. The zero-order valence-electron chi connectivity index (χ0n) is 12.8. The third-order valence-electron chi connectivity index (χ3n) is 3.26. The Kier molecular flexibility index (Phi) is 4.05. The summed E-state index contributed by atoms with van der Waals surface area (Å²) >= 11 is 0. The Morgan fingerprint density at radius 3 is 2.52 bits per heavy atom. The van der Waals surface area contributed by atoms with Crippen LogP contribution in [-0.2, 0) is 0 Å². The first-order valence-electron chi connectivity index (χ1n) is 7.08. The first kappa shape index (κ1) is 14.8. The third-order valence-corrected chi connectivity index (χ3v) is 3.26. The highest BCUT2D eigenvalue weighted by Gasteiger charge is 2.08. The van der Waals surface area contributed by atoms with Crippen LogP contribution in [0.2, 0.25) is 0 Å². The molecule has 23 heavy (non-hydrogen) atoms. The number of nitrogens with zero attached hydrogens (tertiary/aromatic N) is 4. The van der Waals surface area contributed by atoms with Crippen LogP contribution < -0.4 is 4.74 Å². The minimum atomic E-state index is 0.341. The second kappa shape index (κ2) is 6.31. The second-order valence-corrected chi connectivity index (χ2v) is 5.20. The average Bonchev–Trinajstić information content (AvgIpc) is 3.03. The molecule has 1 aromatic carbocycles. The predicted octanol–water partition coefficient (Wildman–Crippen LogP) is 3.37. The lowest BCUT2D eigenvalue weighted by atomic mass is 10.1. The predicted molar refractivity (Wildman–Crippen MR) is 86.2 cm³/mol. The van der Waals surface area contributed by atoms with Gasteiger partial charge in [-0.2, -0.15) is 0 Å². The van der Waals surface area contributed by atoms with E-state index in [1.807, 2.05) is 26.0 Å². The van der Waals surface area contributed by atoms with Crippen molar-refractivity contribution in [1.82, 2.24) is 14.5 Å². The summed E-state index contributed by atoms with van der Waals surface area (Å²) < 4.78 is 7.37. The molecule has 0 unspecified atom stereocenters. The van der Waals surface area contributed by atoms with Gasteiger partial charge in [-0.1, -0.05) is 11.2 Å². The van der Waals surface area contributed by atoms with Gasteiger partial charge in [0, 0.05) is 30.2 Å². The highest BCUT2D eigenvalue weighted by atomic mass is 16.5. The van der Waals surface area contributed by atoms with Crippen LogP contribution in [0, 0.1) is 13.8 Å². The molecule has 6 heteroatoms. The molecule has 3 rings (SSSR count). The van der Waals surface area contributed by atoms with Crippen LogP contribution in [-0.4, -0.2) is 25.6 Å². The van der Waals surface area contributed by atoms with Gasteiger partial charge in [-0.15, -0.1) is 0 Å². The van der Waals surface area contributed by atoms with Crippen molar-refractivity contribution >= 4 is 5.84 Å². The molecule has 0 bridgehead atoms. The van der Waals surface area contributed by atoms with Gasteiger partial charge in [0.1, 0.15) is 12.1 Å². The van der Waals surface area contributed by atoms with Gasteiger partial charge in [0.15, 0.2) is 5.84 Å². The summed E-state index contributed by atoms with van der Waals surface area (Å²) in [6, 6.07) is 9.50. The molecular formula is C17H16N4O2. The van der Waals surface area contributed by atoms with E-state index in [2.05, 4.69) is 21.2 Å². The average molecular weight is 308 g/mol. The number of pyridine rings is 1. The molecule has 0 spiro atoms. The van der Waals surface area contributed by atoms with Crippen LogP contribution in [0.15, 0.2) is 60.4 Å². The van der Waals surface area contributed by atoms with Crippen molar-refractivity contribution in [1.29, 1.82) is 0 Å². The van der Waals surface area contributed by atoms with Crippen LogP contribution in [0.1, 0.15) is 16.7 Å². The van der Waals surface area contributed by atoms with Crippen molar-refractivity contribution in [3.63, 3.8) is 0 Å². The van der Waals surface area contributed by atoms with Crippen LogP contribution >= 0.6 is 0 Å². The minimum Gasteiger partial charge on any atom is -0.439 e. The Morgan fingerprint density at radius 1 is 1.17 bits per heavy atom. The smallest absolute Gasteiger partial charge is 0.219 e. The fourth-order valence-corrected chi connectivity index (χ4v) is 2.33. The van der Waals surface area contributed by atoms with Crippen molar-refractivity contribution in [2.75, 3.05) is 0 Å². The summed E-state index contributed by atoms with van der Waals surface area (Å²) in [4.78, 5) is 8.20. The van der Waals surface area contributed by atoms with Gasteiger partial charge >= 0.3 is 0 Å². The summed E-state index contributed by atoms with van der Waals surface area (Å²) in [6.07, 6.45) is 6.44. The molecular weight excluding hydrogens is 292 g/mol.